The number of aromatic nitrogens is 1. The van der Waals surface area contributed by atoms with Crippen molar-refractivity contribution in [3.05, 3.63) is 152 Å². The van der Waals surface area contributed by atoms with E-state index in [9.17, 15) is 0 Å². The van der Waals surface area contributed by atoms with Gasteiger partial charge in [-0.05, 0) is 101 Å². The van der Waals surface area contributed by atoms with Crippen molar-refractivity contribution >= 4 is 75.7 Å². The number of hydrogen-bond donors (Lipinski definition) is 0. The maximum atomic E-state index is 2.43. The summed E-state index contributed by atoms with van der Waals surface area (Å²) in [6, 6.07) is 56.0. The molecule has 0 saturated heterocycles. The summed E-state index contributed by atoms with van der Waals surface area (Å²) in [5, 5.41) is 15.8. The third-order valence-corrected chi connectivity index (χ3v) is 9.49. The number of rotatable bonds is 2. The van der Waals surface area contributed by atoms with Crippen LogP contribution in [0.2, 0.25) is 0 Å². The fourth-order valence-corrected chi connectivity index (χ4v) is 7.70. The Labute approximate surface area is 248 Å². The molecule has 0 radical (unpaired) electrons. The van der Waals surface area contributed by atoms with Crippen LogP contribution in [0.4, 0.5) is 0 Å². The van der Waals surface area contributed by atoms with Gasteiger partial charge in [-0.2, -0.15) is 0 Å². The van der Waals surface area contributed by atoms with Crippen LogP contribution in [0.1, 0.15) is 0 Å². The minimum absolute atomic E-state index is 1.18. The van der Waals surface area contributed by atoms with E-state index in [1.54, 1.807) is 0 Å². The van der Waals surface area contributed by atoms with Crippen molar-refractivity contribution in [3.63, 3.8) is 0 Å². The molecule has 0 aliphatic carbocycles. The average molecular weight is 544 g/mol. The molecule has 0 aliphatic heterocycles. The van der Waals surface area contributed by atoms with Gasteiger partial charge in [0.05, 0.1) is 11.0 Å². The standard InChI is InChI=1S/C42H25N/c1-3-15-31-29(13-1)35-19-10-20-36-30-14-2-4-16-32(30)38-25-27(24-37(31)42(38)41(35)36)26-11-9-12-28(23-26)43-39-21-7-5-17-33(39)34-18-6-8-22-40(34)43/h1-25H. The van der Waals surface area contributed by atoms with Crippen molar-refractivity contribution in [1.29, 1.82) is 0 Å². The lowest BCUT2D eigenvalue weighted by molar-refractivity contribution is 1.18. The summed E-state index contributed by atoms with van der Waals surface area (Å²) >= 11 is 0. The van der Waals surface area contributed by atoms with Gasteiger partial charge in [0.2, 0.25) is 0 Å². The van der Waals surface area contributed by atoms with Gasteiger partial charge in [0.25, 0.3) is 0 Å². The Hall–Kier alpha value is -5.66. The normalized spacial score (nSPS) is 12.2. The van der Waals surface area contributed by atoms with E-state index >= 15 is 0 Å². The third kappa shape index (κ3) is 3.06. The van der Waals surface area contributed by atoms with Crippen LogP contribution in [0.5, 0.6) is 0 Å². The van der Waals surface area contributed by atoms with Gasteiger partial charge in [0.15, 0.2) is 0 Å². The van der Waals surface area contributed by atoms with Gasteiger partial charge in [-0.25, -0.2) is 0 Å². The molecule has 1 nitrogen and oxygen atoms in total. The van der Waals surface area contributed by atoms with Gasteiger partial charge >= 0.3 is 0 Å². The smallest absolute Gasteiger partial charge is 0.0541 e. The number of para-hydroxylation sites is 2. The molecule has 0 N–H and O–H groups in total. The van der Waals surface area contributed by atoms with Crippen molar-refractivity contribution < 1.29 is 0 Å². The summed E-state index contributed by atoms with van der Waals surface area (Å²) in [4.78, 5) is 0. The largest absolute Gasteiger partial charge is 0.309 e. The van der Waals surface area contributed by atoms with Crippen LogP contribution in [0.3, 0.4) is 0 Å². The Bertz CT molecular complexity index is 2570. The summed E-state index contributed by atoms with van der Waals surface area (Å²) in [6.07, 6.45) is 0. The molecule has 0 atom stereocenters. The monoisotopic (exact) mass is 543 g/mol. The summed E-state index contributed by atoms with van der Waals surface area (Å²) in [5.41, 5.74) is 6.10. The van der Waals surface area contributed by atoms with Crippen molar-refractivity contribution in [1.82, 2.24) is 4.57 Å². The van der Waals surface area contributed by atoms with Crippen LogP contribution in [-0.2, 0) is 0 Å². The highest BCUT2D eigenvalue weighted by Gasteiger charge is 2.18. The Morgan fingerprint density at radius 2 is 0.698 bits per heavy atom. The Kier molecular flexibility index (Phi) is 4.51. The van der Waals surface area contributed by atoms with E-state index in [2.05, 4.69) is 156 Å². The van der Waals surface area contributed by atoms with E-state index in [0.717, 1.165) is 0 Å². The highest BCUT2D eigenvalue weighted by Crippen LogP contribution is 2.46. The molecular weight excluding hydrogens is 518 g/mol. The molecule has 43 heavy (non-hydrogen) atoms. The first-order valence-corrected chi connectivity index (χ1v) is 15.0. The molecule has 9 aromatic carbocycles. The van der Waals surface area contributed by atoms with E-state index in [4.69, 9.17) is 0 Å². The van der Waals surface area contributed by atoms with Crippen LogP contribution in [-0.4, -0.2) is 4.57 Å². The Balaban J connectivity index is 1.33. The van der Waals surface area contributed by atoms with Gasteiger partial charge in [-0.15, -0.1) is 0 Å². The van der Waals surface area contributed by atoms with Gasteiger partial charge in [0, 0.05) is 16.5 Å². The zero-order valence-corrected chi connectivity index (χ0v) is 23.4. The molecule has 0 aliphatic rings. The first-order chi connectivity index (χ1) is 21.3. The summed E-state index contributed by atoms with van der Waals surface area (Å²) in [6.45, 7) is 0. The minimum atomic E-state index is 1.18. The van der Waals surface area contributed by atoms with Crippen LogP contribution < -0.4 is 0 Å². The molecule has 0 spiro atoms. The number of fused-ring (bicyclic) bond motifs is 9. The van der Waals surface area contributed by atoms with Crippen molar-refractivity contribution in [3.8, 4) is 16.8 Å². The molecule has 1 aromatic heterocycles. The fourth-order valence-electron chi connectivity index (χ4n) is 7.70. The van der Waals surface area contributed by atoms with E-state index in [1.807, 2.05) is 0 Å². The quantitative estimate of drug-likeness (QED) is 0.151. The molecule has 1 heteroatoms. The molecule has 10 aromatic rings. The minimum Gasteiger partial charge on any atom is -0.309 e. The van der Waals surface area contributed by atoms with E-state index < -0.39 is 0 Å². The van der Waals surface area contributed by atoms with Crippen LogP contribution >= 0.6 is 0 Å². The topological polar surface area (TPSA) is 4.93 Å². The highest BCUT2D eigenvalue weighted by atomic mass is 15.0. The van der Waals surface area contributed by atoms with Crippen LogP contribution in [0, 0.1) is 0 Å². The van der Waals surface area contributed by atoms with Crippen LogP contribution in [0.15, 0.2) is 152 Å². The fraction of sp³-hybridized carbons (Fsp3) is 0. The molecule has 198 valence electrons. The number of hydrogen-bond acceptors (Lipinski definition) is 0. The summed E-state index contributed by atoms with van der Waals surface area (Å²) < 4.78 is 2.41. The van der Waals surface area contributed by atoms with E-state index in [0.29, 0.717) is 0 Å². The molecule has 0 saturated carbocycles. The van der Waals surface area contributed by atoms with Gasteiger partial charge < -0.3 is 4.57 Å². The molecule has 0 amide bonds. The molecular formula is C42H25N. The first kappa shape index (κ1) is 23.0. The number of benzene rings is 9. The Morgan fingerprint density at radius 3 is 1.26 bits per heavy atom. The second-order valence-electron chi connectivity index (χ2n) is 11.7. The maximum absolute atomic E-state index is 2.43. The molecule has 1 heterocycles. The zero-order chi connectivity index (χ0) is 28.1. The van der Waals surface area contributed by atoms with Gasteiger partial charge in [0.1, 0.15) is 0 Å². The predicted octanol–water partition coefficient (Wildman–Crippen LogP) is 11.7. The maximum Gasteiger partial charge on any atom is 0.0541 e. The van der Waals surface area contributed by atoms with E-state index in [1.165, 1.54) is 92.5 Å². The average Bonchev–Trinajstić information content (AvgIpc) is 3.42. The summed E-state index contributed by atoms with van der Waals surface area (Å²) in [5.74, 6) is 0. The first-order valence-electron chi connectivity index (χ1n) is 15.0. The molecule has 0 unspecified atom stereocenters. The molecule has 10 rings (SSSR count). The zero-order valence-electron chi connectivity index (χ0n) is 23.4. The second-order valence-corrected chi connectivity index (χ2v) is 11.7. The second kappa shape index (κ2) is 8.44. The molecule has 0 bridgehead atoms. The third-order valence-electron chi connectivity index (χ3n) is 9.49. The van der Waals surface area contributed by atoms with Crippen molar-refractivity contribution in [2.45, 2.75) is 0 Å². The van der Waals surface area contributed by atoms with E-state index in [-0.39, 0.29) is 0 Å². The lowest BCUT2D eigenvalue weighted by atomic mass is 9.84. The lowest BCUT2D eigenvalue weighted by Gasteiger charge is -2.19. The SMILES string of the molecule is c1cc(-c2cc3c4ccccc4c4cccc5c6ccccc6c(c2)c3c45)cc(-n2c3ccccc3c3ccccc32)c1. The van der Waals surface area contributed by atoms with Gasteiger partial charge in [-0.3, -0.25) is 0 Å². The predicted molar refractivity (Wildman–Crippen MR) is 185 cm³/mol. The van der Waals surface area contributed by atoms with Crippen molar-refractivity contribution in [2.75, 3.05) is 0 Å². The highest BCUT2D eigenvalue weighted by molar-refractivity contribution is 6.40. The van der Waals surface area contributed by atoms with Gasteiger partial charge in [-0.1, -0.05) is 115 Å². The van der Waals surface area contributed by atoms with Crippen molar-refractivity contribution in [2.24, 2.45) is 0 Å². The Morgan fingerprint density at radius 1 is 0.279 bits per heavy atom. The number of nitrogens with zero attached hydrogens (tertiary/aromatic N) is 1. The lowest BCUT2D eigenvalue weighted by Crippen LogP contribution is -1.94. The molecule has 0 fully saturated rings. The van der Waals surface area contributed by atoms with Crippen LogP contribution in [0.25, 0.3) is 92.5 Å². The summed E-state index contributed by atoms with van der Waals surface area (Å²) in [7, 11) is 0.